The highest BCUT2D eigenvalue weighted by Gasteiger charge is 2.35. The first-order valence-corrected chi connectivity index (χ1v) is 10.3. The van der Waals surface area contributed by atoms with Gasteiger partial charge in [-0.2, -0.15) is 9.40 Å². The lowest BCUT2D eigenvalue weighted by Gasteiger charge is -2.31. The van der Waals surface area contributed by atoms with Crippen LogP contribution in [-0.2, 0) is 19.6 Å². The van der Waals surface area contributed by atoms with E-state index in [2.05, 4.69) is 20.8 Å². The molecule has 1 aliphatic heterocycles. The number of nitrogens with one attached hydrogen (secondary N) is 3. The van der Waals surface area contributed by atoms with Gasteiger partial charge in [-0.3, -0.25) is 9.89 Å². The smallest absolute Gasteiger partial charge is 0.246 e. The maximum atomic E-state index is 12.9. The van der Waals surface area contributed by atoms with Crippen LogP contribution in [0.25, 0.3) is 0 Å². The first-order chi connectivity index (χ1) is 12.4. The Hall–Kier alpha value is -1.20. The van der Waals surface area contributed by atoms with Crippen molar-refractivity contribution < 1.29 is 17.9 Å². The van der Waals surface area contributed by atoms with Crippen LogP contribution in [0.1, 0.15) is 24.2 Å². The predicted octanol–water partition coefficient (Wildman–Crippen LogP) is 0.201. The first kappa shape index (κ1) is 23.8. The lowest BCUT2D eigenvalue weighted by atomic mass is 9.99. The molecular formula is C16H30ClN5O4S. The fraction of sp³-hybridized carbons (Fsp3) is 0.750. The normalized spacial score (nSPS) is 18.1. The third-order valence-corrected chi connectivity index (χ3v) is 6.63. The summed E-state index contributed by atoms with van der Waals surface area (Å²) in [7, 11) is -2.01. The van der Waals surface area contributed by atoms with E-state index in [4.69, 9.17) is 4.74 Å². The van der Waals surface area contributed by atoms with E-state index >= 15 is 0 Å². The Morgan fingerprint density at radius 2 is 2.07 bits per heavy atom. The minimum atomic E-state index is -3.65. The van der Waals surface area contributed by atoms with Crippen molar-refractivity contribution in [3.05, 3.63) is 11.4 Å². The Morgan fingerprint density at radius 3 is 2.70 bits per heavy atom. The third kappa shape index (κ3) is 6.15. The molecule has 0 aliphatic carbocycles. The molecule has 27 heavy (non-hydrogen) atoms. The molecule has 0 aromatic carbocycles. The molecular weight excluding hydrogens is 394 g/mol. The molecule has 156 valence electrons. The van der Waals surface area contributed by atoms with Gasteiger partial charge in [0.15, 0.2) is 0 Å². The van der Waals surface area contributed by atoms with Crippen LogP contribution in [0.5, 0.6) is 0 Å². The predicted molar refractivity (Wildman–Crippen MR) is 105 cm³/mol. The minimum Gasteiger partial charge on any atom is -0.383 e. The SMILES string of the molecule is COCCNCCNC(=O)C1CCCN(S(=O)(=O)c2c(C)n[nH]c2C)C1.Cl. The molecule has 1 aromatic rings. The van der Waals surface area contributed by atoms with Gasteiger partial charge in [-0.15, -0.1) is 12.4 Å². The molecule has 1 saturated heterocycles. The number of carbonyl (C=O) groups is 1. The monoisotopic (exact) mass is 423 g/mol. The van der Waals surface area contributed by atoms with Crippen molar-refractivity contribution in [2.75, 3.05) is 46.4 Å². The van der Waals surface area contributed by atoms with E-state index in [1.54, 1.807) is 21.0 Å². The van der Waals surface area contributed by atoms with E-state index in [1.165, 1.54) is 4.31 Å². The number of carbonyl (C=O) groups excluding carboxylic acids is 1. The molecule has 0 radical (unpaired) electrons. The Morgan fingerprint density at radius 1 is 1.33 bits per heavy atom. The molecule has 0 spiro atoms. The van der Waals surface area contributed by atoms with Gasteiger partial charge in [-0.25, -0.2) is 8.42 Å². The number of aryl methyl sites for hydroxylation is 2. The van der Waals surface area contributed by atoms with Crippen LogP contribution in [0.2, 0.25) is 0 Å². The van der Waals surface area contributed by atoms with Gasteiger partial charge in [0.1, 0.15) is 4.90 Å². The number of halogens is 1. The van der Waals surface area contributed by atoms with Crippen LogP contribution in [0.3, 0.4) is 0 Å². The largest absolute Gasteiger partial charge is 0.383 e. The Labute approximate surface area is 167 Å². The summed E-state index contributed by atoms with van der Waals surface area (Å²) in [5.74, 6) is -0.427. The number of aromatic amines is 1. The van der Waals surface area contributed by atoms with Crippen molar-refractivity contribution in [2.24, 2.45) is 5.92 Å². The number of rotatable bonds is 9. The second-order valence-electron chi connectivity index (χ2n) is 6.50. The number of sulfonamides is 1. The summed E-state index contributed by atoms with van der Waals surface area (Å²) in [6, 6.07) is 0. The number of nitrogens with zero attached hydrogens (tertiary/aromatic N) is 2. The van der Waals surface area contributed by atoms with Crippen LogP contribution in [-0.4, -0.2) is 75.3 Å². The first-order valence-electron chi connectivity index (χ1n) is 8.87. The van der Waals surface area contributed by atoms with Crippen LogP contribution in [0.15, 0.2) is 4.90 Å². The van der Waals surface area contributed by atoms with E-state index in [9.17, 15) is 13.2 Å². The fourth-order valence-electron chi connectivity index (χ4n) is 3.14. The van der Waals surface area contributed by atoms with E-state index in [0.717, 1.165) is 6.54 Å². The molecule has 1 fully saturated rings. The van der Waals surface area contributed by atoms with Crippen molar-refractivity contribution in [1.82, 2.24) is 25.1 Å². The molecule has 1 atom stereocenters. The highest BCUT2D eigenvalue weighted by Crippen LogP contribution is 2.26. The highest BCUT2D eigenvalue weighted by molar-refractivity contribution is 7.89. The molecule has 1 aromatic heterocycles. The zero-order chi connectivity index (χ0) is 19.2. The highest BCUT2D eigenvalue weighted by atomic mass is 35.5. The minimum absolute atomic E-state index is 0. The maximum absolute atomic E-state index is 12.9. The molecule has 11 heteroatoms. The second kappa shape index (κ2) is 11.0. The molecule has 1 amide bonds. The summed E-state index contributed by atoms with van der Waals surface area (Å²) in [6.07, 6.45) is 1.36. The third-order valence-electron chi connectivity index (χ3n) is 4.50. The molecule has 1 unspecified atom stereocenters. The van der Waals surface area contributed by atoms with E-state index in [0.29, 0.717) is 50.5 Å². The van der Waals surface area contributed by atoms with Crippen LogP contribution in [0.4, 0.5) is 0 Å². The maximum Gasteiger partial charge on any atom is 0.246 e. The Kier molecular flexibility index (Phi) is 9.68. The van der Waals surface area contributed by atoms with Gasteiger partial charge in [-0.05, 0) is 26.7 Å². The fourth-order valence-corrected chi connectivity index (χ4v) is 5.00. The van der Waals surface area contributed by atoms with Crippen LogP contribution < -0.4 is 10.6 Å². The van der Waals surface area contributed by atoms with E-state index < -0.39 is 10.0 Å². The number of aromatic nitrogens is 2. The number of ether oxygens (including phenoxy) is 1. The summed E-state index contributed by atoms with van der Waals surface area (Å²) in [5, 5.41) is 12.7. The van der Waals surface area contributed by atoms with Crippen molar-refractivity contribution in [2.45, 2.75) is 31.6 Å². The van der Waals surface area contributed by atoms with Crippen molar-refractivity contribution in [3.8, 4) is 0 Å². The van der Waals surface area contributed by atoms with Crippen LogP contribution in [0, 0.1) is 19.8 Å². The van der Waals surface area contributed by atoms with Gasteiger partial charge < -0.3 is 15.4 Å². The molecule has 0 bridgehead atoms. The molecule has 9 nitrogen and oxygen atoms in total. The molecule has 0 saturated carbocycles. The number of hydrogen-bond acceptors (Lipinski definition) is 6. The summed E-state index contributed by atoms with van der Waals surface area (Å²) < 4.78 is 32.2. The average Bonchev–Trinajstić information content (AvgIpc) is 2.97. The van der Waals surface area contributed by atoms with E-state index in [1.807, 2.05) is 0 Å². The standard InChI is InChI=1S/C16H29N5O4S.ClH/c1-12-15(13(2)20-19-12)26(23,24)21-9-4-5-14(11-21)16(22)18-7-6-17-8-10-25-3;/h14,17H,4-11H2,1-3H3,(H,18,22)(H,19,20);1H. The van der Waals surface area contributed by atoms with Gasteiger partial charge in [-0.1, -0.05) is 0 Å². The summed E-state index contributed by atoms with van der Waals surface area (Å²) in [4.78, 5) is 12.6. The van der Waals surface area contributed by atoms with E-state index in [-0.39, 0.29) is 35.7 Å². The number of amides is 1. The van der Waals surface area contributed by atoms with Crippen molar-refractivity contribution in [1.29, 1.82) is 0 Å². The van der Waals surface area contributed by atoms with Gasteiger partial charge in [0.05, 0.1) is 23.9 Å². The van der Waals surface area contributed by atoms with Crippen LogP contribution >= 0.6 is 12.4 Å². The number of hydrogen-bond donors (Lipinski definition) is 3. The van der Waals surface area contributed by atoms with Gasteiger partial charge >= 0.3 is 0 Å². The van der Waals surface area contributed by atoms with Crippen molar-refractivity contribution in [3.63, 3.8) is 0 Å². The molecule has 2 heterocycles. The van der Waals surface area contributed by atoms with Gasteiger partial charge in [0, 0.05) is 39.8 Å². The van der Waals surface area contributed by atoms with Gasteiger partial charge in [0.25, 0.3) is 0 Å². The second-order valence-corrected chi connectivity index (χ2v) is 8.37. The summed E-state index contributed by atoms with van der Waals surface area (Å²) in [5.41, 5.74) is 0.979. The number of methoxy groups -OCH3 is 1. The summed E-state index contributed by atoms with van der Waals surface area (Å²) in [6.45, 7) is 6.49. The molecule has 2 rings (SSSR count). The zero-order valence-corrected chi connectivity index (χ0v) is 17.7. The summed E-state index contributed by atoms with van der Waals surface area (Å²) >= 11 is 0. The lowest BCUT2D eigenvalue weighted by Crippen LogP contribution is -2.46. The van der Waals surface area contributed by atoms with Crippen molar-refractivity contribution >= 4 is 28.3 Å². The lowest BCUT2D eigenvalue weighted by molar-refractivity contribution is -0.126. The number of piperidine rings is 1. The quantitative estimate of drug-likeness (QED) is 0.488. The number of H-pyrrole nitrogens is 1. The molecule has 1 aliphatic rings. The molecule has 3 N–H and O–H groups in total. The average molecular weight is 424 g/mol. The topological polar surface area (TPSA) is 116 Å². The Balaban J connectivity index is 0.00000364. The Bertz CT molecular complexity index is 690. The zero-order valence-electron chi connectivity index (χ0n) is 16.1. The van der Waals surface area contributed by atoms with Gasteiger partial charge in [0.2, 0.25) is 15.9 Å².